The maximum Gasteiger partial charge on any atom is 0.321 e. The second-order valence-electron chi connectivity index (χ2n) is 7.04. The van der Waals surface area contributed by atoms with Crippen LogP contribution in [-0.2, 0) is 14.8 Å². The Morgan fingerprint density at radius 3 is 2.42 bits per heavy atom. The number of nitrogens with zero attached hydrogens (tertiary/aromatic N) is 2. The van der Waals surface area contributed by atoms with E-state index < -0.39 is 15.9 Å². The number of halogens is 1. The molecule has 4 rings (SSSR count). The standard InChI is InChI=1S/C20H21ClN4O5S/c21-18-6-5-16(31(28,29)24-9-11-30-12-10-24)13-17(18)19(26)23-14-1-3-15(4-2-14)25-8-7-22-20(25)27/h1-6,13H,7-12H2,(H,22,27)(H,23,26). The van der Waals surface area contributed by atoms with Gasteiger partial charge in [0.1, 0.15) is 0 Å². The summed E-state index contributed by atoms with van der Waals surface area (Å²) >= 11 is 6.18. The number of sulfonamides is 1. The number of hydrogen-bond acceptors (Lipinski definition) is 5. The van der Waals surface area contributed by atoms with Crippen molar-refractivity contribution in [3.05, 3.63) is 53.1 Å². The molecule has 0 spiro atoms. The van der Waals surface area contributed by atoms with Crippen LogP contribution in [0.2, 0.25) is 5.02 Å². The second-order valence-corrected chi connectivity index (χ2v) is 9.39. The first kappa shape index (κ1) is 21.6. The fraction of sp³-hybridized carbons (Fsp3) is 0.300. The molecule has 2 saturated heterocycles. The molecule has 0 bridgehead atoms. The molecule has 2 aromatic rings. The lowest BCUT2D eigenvalue weighted by Crippen LogP contribution is -2.40. The van der Waals surface area contributed by atoms with E-state index in [1.807, 2.05) is 0 Å². The normalized spacial score (nSPS) is 17.5. The highest BCUT2D eigenvalue weighted by molar-refractivity contribution is 7.89. The zero-order valence-electron chi connectivity index (χ0n) is 16.5. The number of rotatable bonds is 5. The lowest BCUT2D eigenvalue weighted by molar-refractivity contribution is 0.0730. The summed E-state index contributed by atoms with van der Waals surface area (Å²) in [5.74, 6) is -0.532. The quantitative estimate of drug-likeness (QED) is 0.704. The minimum absolute atomic E-state index is 0.000608. The summed E-state index contributed by atoms with van der Waals surface area (Å²) in [6, 6.07) is 10.7. The predicted octanol–water partition coefficient (Wildman–Crippen LogP) is 2.14. The molecular weight excluding hydrogens is 444 g/mol. The molecule has 2 aliphatic heterocycles. The second kappa shape index (κ2) is 8.83. The average molecular weight is 465 g/mol. The number of nitrogens with one attached hydrogen (secondary N) is 2. The van der Waals surface area contributed by atoms with Gasteiger partial charge in [0, 0.05) is 37.6 Å². The minimum atomic E-state index is -3.76. The van der Waals surface area contributed by atoms with Gasteiger partial charge < -0.3 is 15.4 Å². The summed E-state index contributed by atoms with van der Waals surface area (Å²) in [4.78, 5) is 26.1. The topological polar surface area (TPSA) is 108 Å². The summed E-state index contributed by atoms with van der Waals surface area (Å²) in [6.07, 6.45) is 0. The lowest BCUT2D eigenvalue weighted by atomic mass is 10.2. The lowest BCUT2D eigenvalue weighted by Gasteiger charge is -2.26. The summed E-state index contributed by atoms with van der Waals surface area (Å²) in [6.45, 7) is 2.33. The van der Waals surface area contributed by atoms with Gasteiger partial charge in [-0.3, -0.25) is 9.69 Å². The Balaban J connectivity index is 1.52. The monoisotopic (exact) mass is 464 g/mol. The molecule has 164 valence electrons. The zero-order valence-corrected chi connectivity index (χ0v) is 18.1. The SMILES string of the molecule is O=C(Nc1ccc(N2CCNC2=O)cc1)c1cc(S(=O)(=O)N2CCOCC2)ccc1Cl. The Labute approximate surface area is 185 Å². The van der Waals surface area contributed by atoms with Gasteiger partial charge >= 0.3 is 6.03 Å². The molecule has 11 heteroatoms. The van der Waals surface area contributed by atoms with Crippen molar-refractivity contribution in [1.82, 2.24) is 9.62 Å². The highest BCUT2D eigenvalue weighted by Crippen LogP contribution is 2.25. The van der Waals surface area contributed by atoms with Crippen molar-refractivity contribution in [3.63, 3.8) is 0 Å². The van der Waals surface area contributed by atoms with Gasteiger partial charge in [-0.15, -0.1) is 0 Å². The number of morpholine rings is 1. The van der Waals surface area contributed by atoms with Crippen LogP contribution in [0.4, 0.5) is 16.2 Å². The van der Waals surface area contributed by atoms with E-state index in [9.17, 15) is 18.0 Å². The van der Waals surface area contributed by atoms with Crippen LogP contribution in [0.3, 0.4) is 0 Å². The molecule has 2 N–H and O–H groups in total. The van der Waals surface area contributed by atoms with Gasteiger partial charge in [-0.2, -0.15) is 4.31 Å². The summed E-state index contributed by atoms with van der Waals surface area (Å²) in [5.41, 5.74) is 1.26. The highest BCUT2D eigenvalue weighted by atomic mass is 35.5. The van der Waals surface area contributed by atoms with Gasteiger partial charge in [-0.05, 0) is 42.5 Å². The molecule has 0 unspecified atom stereocenters. The number of hydrogen-bond donors (Lipinski definition) is 2. The van der Waals surface area contributed by atoms with Gasteiger partial charge in [0.15, 0.2) is 0 Å². The van der Waals surface area contributed by atoms with Crippen molar-refractivity contribution < 1.29 is 22.7 Å². The Kier molecular flexibility index (Phi) is 6.15. The van der Waals surface area contributed by atoms with E-state index >= 15 is 0 Å². The smallest absolute Gasteiger partial charge is 0.321 e. The van der Waals surface area contributed by atoms with Gasteiger partial charge in [-0.1, -0.05) is 11.6 Å². The molecule has 3 amide bonds. The fourth-order valence-electron chi connectivity index (χ4n) is 3.42. The number of carbonyl (C=O) groups excluding carboxylic acids is 2. The Bertz CT molecular complexity index is 1100. The van der Waals surface area contributed by atoms with Crippen molar-refractivity contribution in [3.8, 4) is 0 Å². The third-order valence-corrected chi connectivity index (χ3v) is 7.31. The van der Waals surface area contributed by atoms with E-state index in [1.54, 1.807) is 29.2 Å². The third kappa shape index (κ3) is 4.52. The van der Waals surface area contributed by atoms with Crippen molar-refractivity contribution in [2.45, 2.75) is 4.90 Å². The Morgan fingerprint density at radius 1 is 1.06 bits per heavy atom. The molecule has 2 heterocycles. The van der Waals surface area contributed by atoms with E-state index in [0.29, 0.717) is 37.7 Å². The zero-order chi connectivity index (χ0) is 22.0. The maximum atomic E-state index is 12.9. The van der Waals surface area contributed by atoms with E-state index in [-0.39, 0.29) is 34.6 Å². The molecule has 31 heavy (non-hydrogen) atoms. The number of ether oxygens (including phenoxy) is 1. The van der Waals surface area contributed by atoms with Crippen molar-refractivity contribution in [2.75, 3.05) is 49.6 Å². The number of benzene rings is 2. The Hall–Kier alpha value is -2.66. The molecule has 0 atom stereocenters. The summed E-state index contributed by atoms with van der Waals surface area (Å²) < 4.78 is 32.3. The highest BCUT2D eigenvalue weighted by Gasteiger charge is 2.28. The minimum Gasteiger partial charge on any atom is -0.379 e. The first-order valence-electron chi connectivity index (χ1n) is 9.70. The molecule has 0 aromatic heterocycles. The molecule has 9 nitrogen and oxygen atoms in total. The summed E-state index contributed by atoms with van der Waals surface area (Å²) in [7, 11) is -3.76. The number of amides is 3. The van der Waals surface area contributed by atoms with E-state index in [1.165, 1.54) is 22.5 Å². The van der Waals surface area contributed by atoms with Crippen LogP contribution in [0.1, 0.15) is 10.4 Å². The fourth-order valence-corrected chi connectivity index (χ4v) is 5.05. The summed E-state index contributed by atoms with van der Waals surface area (Å²) in [5, 5.41) is 5.58. The first-order chi connectivity index (χ1) is 14.9. The van der Waals surface area contributed by atoms with E-state index in [4.69, 9.17) is 16.3 Å². The van der Waals surface area contributed by atoms with Crippen LogP contribution in [0.25, 0.3) is 0 Å². The maximum absolute atomic E-state index is 12.9. The molecule has 0 saturated carbocycles. The molecule has 0 aliphatic carbocycles. The third-order valence-electron chi connectivity index (χ3n) is 5.08. The van der Waals surface area contributed by atoms with Crippen LogP contribution < -0.4 is 15.5 Å². The van der Waals surface area contributed by atoms with Crippen molar-refractivity contribution >= 4 is 44.9 Å². The van der Waals surface area contributed by atoms with E-state index in [2.05, 4.69) is 10.6 Å². The molecule has 2 aliphatic rings. The predicted molar refractivity (Wildman–Crippen MR) is 116 cm³/mol. The number of carbonyl (C=O) groups is 2. The van der Waals surface area contributed by atoms with Crippen LogP contribution in [0, 0.1) is 0 Å². The molecule has 2 fully saturated rings. The molecular formula is C20H21ClN4O5S. The van der Waals surface area contributed by atoms with Crippen LogP contribution in [0.5, 0.6) is 0 Å². The molecule has 0 radical (unpaired) electrons. The van der Waals surface area contributed by atoms with Gasteiger partial charge in [0.25, 0.3) is 5.91 Å². The van der Waals surface area contributed by atoms with Crippen LogP contribution in [-0.4, -0.2) is 64.1 Å². The molecule has 2 aromatic carbocycles. The number of urea groups is 1. The van der Waals surface area contributed by atoms with Gasteiger partial charge in [0.2, 0.25) is 10.0 Å². The average Bonchev–Trinajstić information content (AvgIpc) is 3.21. The van der Waals surface area contributed by atoms with Crippen molar-refractivity contribution in [1.29, 1.82) is 0 Å². The Morgan fingerprint density at radius 2 is 1.77 bits per heavy atom. The van der Waals surface area contributed by atoms with Gasteiger partial charge in [0.05, 0.1) is 28.7 Å². The van der Waals surface area contributed by atoms with Gasteiger partial charge in [-0.25, -0.2) is 13.2 Å². The van der Waals surface area contributed by atoms with E-state index in [0.717, 1.165) is 0 Å². The number of anilines is 2. The van der Waals surface area contributed by atoms with Crippen LogP contribution >= 0.6 is 11.6 Å². The largest absolute Gasteiger partial charge is 0.379 e. The first-order valence-corrected chi connectivity index (χ1v) is 11.5. The van der Waals surface area contributed by atoms with Crippen molar-refractivity contribution in [2.24, 2.45) is 0 Å². The van der Waals surface area contributed by atoms with Crippen LogP contribution in [0.15, 0.2) is 47.4 Å².